The van der Waals surface area contributed by atoms with Gasteiger partial charge >= 0.3 is 0 Å². The average molecular weight is 626 g/mol. The minimum Gasteiger partial charge on any atom is -0.497 e. The van der Waals surface area contributed by atoms with E-state index < -0.39 is 28.5 Å². The maximum absolute atomic E-state index is 14.2. The van der Waals surface area contributed by atoms with Gasteiger partial charge in [0.25, 0.3) is 10.0 Å². The molecule has 3 aromatic rings. The van der Waals surface area contributed by atoms with E-state index in [9.17, 15) is 18.0 Å². The number of halogens is 1. The number of hydrogen-bond acceptors (Lipinski definition) is 5. The van der Waals surface area contributed by atoms with Gasteiger partial charge in [-0.2, -0.15) is 0 Å². The summed E-state index contributed by atoms with van der Waals surface area (Å²) in [6, 6.07) is 19.4. The fraction of sp³-hybridized carbons (Fsp3) is 0.394. The third-order valence-electron chi connectivity index (χ3n) is 7.85. The lowest BCUT2D eigenvalue weighted by Gasteiger charge is -2.34. The predicted molar refractivity (Wildman–Crippen MR) is 170 cm³/mol. The van der Waals surface area contributed by atoms with Crippen LogP contribution >= 0.6 is 11.6 Å². The lowest BCUT2D eigenvalue weighted by molar-refractivity contribution is -0.140. The minimum absolute atomic E-state index is 0.0630. The monoisotopic (exact) mass is 625 g/mol. The number of methoxy groups -OCH3 is 1. The molecule has 0 spiro atoms. The minimum atomic E-state index is -4.15. The van der Waals surface area contributed by atoms with E-state index in [2.05, 4.69) is 5.32 Å². The molecule has 10 heteroatoms. The van der Waals surface area contributed by atoms with Gasteiger partial charge in [-0.1, -0.05) is 67.6 Å². The second-order valence-electron chi connectivity index (χ2n) is 10.9. The Kier molecular flexibility index (Phi) is 11.1. The molecule has 0 aromatic heterocycles. The van der Waals surface area contributed by atoms with Gasteiger partial charge in [0, 0.05) is 17.6 Å². The number of benzene rings is 3. The van der Waals surface area contributed by atoms with Crippen LogP contribution in [0.15, 0.2) is 77.7 Å². The summed E-state index contributed by atoms with van der Waals surface area (Å²) in [5.41, 5.74) is 2.00. The van der Waals surface area contributed by atoms with Crippen LogP contribution in [-0.2, 0) is 26.2 Å². The molecule has 0 saturated heterocycles. The third kappa shape index (κ3) is 8.30. The van der Waals surface area contributed by atoms with Crippen LogP contribution in [-0.4, -0.2) is 50.9 Å². The average Bonchev–Trinajstić information content (AvgIpc) is 3.01. The number of hydrogen-bond donors (Lipinski definition) is 1. The van der Waals surface area contributed by atoms with Crippen LogP contribution in [0.3, 0.4) is 0 Å². The van der Waals surface area contributed by atoms with Gasteiger partial charge in [-0.05, 0) is 80.3 Å². The van der Waals surface area contributed by atoms with Crippen LogP contribution in [0.25, 0.3) is 0 Å². The zero-order valence-corrected chi connectivity index (χ0v) is 26.5. The Hall–Kier alpha value is -3.56. The van der Waals surface area contributed by atoms with Crippen molar-refractivity contribution in [3.8, 4) is 5.75 Å². The highest BCUT2D eigenvalue weighted by Gasteiger charge is 2.34. The molecule has 1 aliphatic carbocycles. The van der Waals surface area contributed by atoms with Gasteiger partial charge < -0.3 is 15.0 Å². The number of nitrogens with zero attached hydrogens (tertiary/aromatic N) is 2. The molecule has 3 aromatic carbocycles. The van der Waals surface area contributed by atoms with E-state index in [1.165, 1.54) is 24.1 Å². The zero-order chi connectivity index (χ0) is 31.0. The van der Waals surface area contributed by atoms with Crippen molar-refractivity contribution < 1.29 is 22.7 Å². The summed E-state index contributed by atoms with van der Waals surface area (Å²) in [7, 11) is -2.62. The molecule has 1 aliphatic rings. The molecule has 4 rings (SSSR count). The quantitative estimate of drug-likeness (QED) is 0.262. The van der Waals surface area contributed by atoms with Gasteiger partial charge in [0.05, 0.1) is 17.7 Å². The Bertz CT molecular complexity index is 1470. The molecule has 230 valence electrons. The van der Waals surface area contributed by atoms with Crippen LogP contribution < -0.4 is 14.4 Å². The SMILES string of the molecule is CC[C@@H](C(=O)NC1CCCCC1)N(Cc1ccc(Cl)cc1)C(=O)CN(c1ccc(OC)cc1)S(=O)(=O)c1ccc(C)cc1. The Labute approximate surface area is 260 Å². The van der Waals surface area contributed by atoms with Gasteiger partial charge in [-0.15, -0.1) is 0 Å². The number of ether oxygens (including phenoxy) is 1. The first-order valence-electron chi connectivity index (χ1n) is 14.7. The second-order valence-corrected chi connectivity index (χ2v) is 13.2. The molecule has 1 N–H and O–H groups in total. The maximum Gasteiger partial charge on any atom is 0.264 e. The van der Waals surface area contributed by atoms with Crippen molar-refractivity contribution in [1.82, 2.24) is 10.2 Å². The molecule has 0 heterocycles. The van der Waals surface area contributed by atoms with Crippen LogP contribution in [0.5, 0.6) is 5.75 Å². The highest BCUT2D eigenvalue weighted by atomic mass is 35.5. The number of sulfonamides is 1. The molecule has 2 amide bonds. The molecule has 0 bridgehead atoms. The van der Waals surface area contributed by atoms with Crippen molar-refractivity contribution in [2.24, 2.45) is 0 Å². The van der Waals surface area contributed by atoms with Crippen molar-refractivity contribution in [2.45, 2.75) is 75.9 Å². The van der Waals surface area contributed by atoms with Crippen LogP contribution in [0, 0.1) is 6.92 Å². The normalized spacial score (nSPS) is 14.5. The maximum atomic E-state index is 14.2. The smallest absolute Gasteiger partial charge is 0.264 e. The summed E-state index contributed by atoms with van der Waals surface area (Å²) in [5.74, 6) is -0.168. The lowest BCUT2D eigenvalue weighted by Crippen LogP contribution is -2.54. The number of carbonyl (C=O) groups is 2. The fourth-order valence-corrected chi connectivity index (χ4v) is 6.91. The number of rotatable bonds is 12. The first-order valence-corrected chi connectivity index (χ1v) is 16.5. The highest BCUT2D eigenvalue weighted by molar-refractivity contribution is 7.92. The zero-order valence-electron chi connectivity index (χ0n) is 25.0. The van der Waals surface area contributed by atoms with E-state index in [1.54, 1.807) is 60.7 Å². The number of anilines is 1. The highest BCUT2D eigenvalue weighted by Crippen LogP contribution is 2.27. The molecule has 1 saturated carbocycles. The molecule has 1 atom stereocenters. The Morgan fingerprint density at radius 3 is 2.16 bits per heavy atom. The summed E-state index contributed by atoms with van der Waals surface area (Å²) < 4.78 is 34.4. The number of amides is 2. The van der Waals surface area contributed by atoms with Crippen LogP contribution in [0.2, 0.25) is 5.02 Å². The van der Waals surface area contributed by atoms with E-state index in [0.29, 0.717) is 22.9 Å². The second kappa shape index (κ2) is 14.8. The van der Waals surface area contributed by atoms with Gasteiger partial charge in [0.15, 0.2) is 0 Å². The van der Waals surface area contributed by atoms with E-state index in [4.69, 9.17) is 16.3 Å². The lowest BCUT2D eigenvalue weighted by atomic mass is 9.95. The summed E-state index contributed by atoms with van der Waals surface area (Å²) in [6.07, 6.45) is 5.46. The molecule has 0 aliphatic heterocycles. The van der Waals surface area contributed by atoms with Gasteiger partial charge in [0.2, 0.25) is 11.8 Å². The van der Waals surface area contributed by atoms with Crippen molar-refractivity contribution in [2.75, 3.05) is 18.0 Å². The predicted octanol–water partition coefficient (Wildman–Crippen LogP) is 6.11. The molecular formula is C33H40ClN3O5S. The molecule has 43 heavy (non-hydrogen) atoms. The summed E-state index contributed by atoms with van der Waals surface area (Å²) in [6.45, 7) is 3.35. The van der Waals surface area contributed by atoms with Crippen molar-refractivity contribution in [3.63, 3.8) is 0 Å². The summed E-state index contributed by atoms with van der Waals surface area (Å²) in [4.78, 5) is 29.4. The van der Waals surface area contributed by atoms with E-state index in [0.717, 1.165) is 47.5 Å². The number of carbonyl (C=O) groups excluding carboxylic acids is 2. The molecule has 8 nitrogen and oxygen atoms in total. The molecule has 0 radical (unpaired) electrons. The van der Waals surface area contributed by atoms with Crippen LogP contribution in [0.4, 0.5) is 5.69 Å². The van der Waals surface area contributed by atoms with Gasteiger partial charge in [-0.3, -0.25) is 13.9 Å². The first kappa shape index (κ1) is 32.4. The van der Waals surface area contributed by atoms with Gasteiger partial charge in [-0.25, -0.2) is 8.42 Å². The third-order valence-corrected chi connectivity index (χ3v) is 9.89. The summed E-state index contributed by atoms with van der Waals surface area (Å²) in [5, 5.41) is 3.71. The fourth-order valence-electron chi connectivity index (χ4n) is 5.36. The number of nitrogens with one attached hydrogen (secondary N) is 1. The Morgan fingerprint density at radius 2 is 1.58 bits per heavy atom. The van der Waals surface area contributed by atoms with E-state index in [-0.39, 0.29) is 23.4 Å². The first-order chi connectivity index (χ1) is 20.6. The van der Waals surface area contributed by atoms with Gasteiger partial charge in [0.1, 0.15) is 18.3 Å². The molecule has 1 fully saturated rings. The standard InChI is InChI=1S/C33H40ClN3O5S/c1-4-31(33(39)35-27-8-6-5-7-9-27)36(22-25-12-14-26(34)15-13-25)32(38)23-37(28-16-18-29(42-3)19-17-28)43(40,41)30-20-10-24(2)11-21-30/h10-21,27,31H,4-9,22-23H2,1-3H3,(H,35,39)/t31-/m0/s1. The van der Waals surface area contributed by atoms with E-state index >= 15 is 0 Å². The molecule has 0 unspecified atom stereocenters. The van der Waals surface area contributed by atoms with E-state index in [1.807, 2.05) is 13.8 Å². The van der Waals surface area contributed by atoms with Crippen LogP contribution in [0.1, 0.15) is 56.6 Å². The Morgan fingerprint density at radius 1 is 0.953 bits per heavy atom. The Balaban J connectivity index is 1.70. The van der Waals surface area contributed by atoms with Crippen molar-refractivity contribution in [3.05, 3.63) is 88.9 Å². The molecular weight excluding hydrogens is 586 g/mol. The van der Waals surface area contributed by atoms with Crippen molar-refractivity contribution >= 4 is 39.1 Å². The van der Waals surface area contributed by atoms with Crippen molar-refractivity contribution in [1.29, 1.82) is 0 Å². The number of aryl methyl sites for hydroxylation is 1. The topological polar surface area (TPSA) is 96.0 Å². The largest absolute Gasteiger partial charge is 0.497 e. The summed E-state index contributed by atoms with van der Waals surface area (Å²) >= 11 is 6.11.